The van der Waals surface area contributed by atoms with E-state index in [0.717, 1.165) is 36.9 Å². The van der Waals surface area contributed by atoms with Crippen LogP contribution in [0.4, 0.5) is 0 Å². The molecule has 0 N–H and O–H groups in total. The average Bonchev–Trinajstić information content (AvgIpc) is 3.23. The van der Waals surface area contributed by atoms with Gasteiger partial charge in [-0.2, -0.15) is 11.3 Å². The maximum atomic E-state index is 5.98. The molecule has 2 aromatic rings. The first-order valence-corrected chi connectivity index (χ1v) is 12.0. The van der Waals surface area contributed by atoms with Crippen LogP contribution in [-0.2, 0) is 13.1 Å². The molecular weight excluding hydrogens is 420 g/mol. The van der Waals surface area contributed by atoms with Gasteiger partial charge in [-0.1, -0.05) is 49.2 Å². The van der Waals surface area contributed by atoms with E-state index in [4.69, 9.17) is 17.0 Å². The number of likely N-dealkylation sites (N-methyl/N-ethyl adjacent to an activating group) is 2. The SMILES string of the molecule is CCN(C/C=C/C#CC(C)(C)C)Cc1cccc(OCC(=S)N(C)Cc2ccsc2)c1. The molecule has 0 saturated carbocycles. The molecule has 1 aromatic carbocycles. The molecule has 0 spiro atoms. The third-order valence-electron chi connectivity index (χ3n) is 4.55. The van der Waals surface area contributed by atoms with Crippen molar-refractivity contribution in [2.75, 3.05) is 26.7 Å². The van der Waals surface area contributed by atoms with Crippen molar-refractivity contribution in [2.45, 2.75) is 40.8 Å². The van der Waals surface area contributed by atoms with Gasteiger partial charge in [0, 0.05) is 32.1 Å². The van der Waals surface area contributed by atoms with Gasteiger partial charge in [-0.15, -0.1) is 0 Å². The molecule has 0 saturated heterocycles. The fourth-order valence-corrected chi connectivity index (χ4v) is 3.60. The summed E-state index contributed by atoms with van der Waals surface area (Å²) in [6, 6.07) is 10.4. The normalized spacial score (nSPS) is 11.4. The Labute approximate surface area is 197 Å². The summed E-state index contributed by atoms with van der Waals surface area (Å²) in [5.74, 6) is 7.22. The van der Waals surface area contributed by atoms with Gasteiger partial charge in [0.2, 0.25) is 0 Å². The average molecular weight is 455 g/mol. The molecule has 1 heterocycles. The van der Waals surface area contributed by atoms with Gasteiger partial charge in [0.1, 0.15) is 17.3 Å². The highest BCUT2D eigenvalue weighted by Crippen LogP contribution is 2.16. The molecule has 1 aromatic heterocycles. The molecule has 0 aliphatic heterocycles. The van der Waals surface area contributed by atoms with Crippen LogP contribution in [0.3, 0.4) is 0 Å². The van der Waals surface area contributed by atoms with Crippen molar-refractivity contribution in [3.63, 3.8) is 0 Å². The molecule has 0 aliphatic rings. The van der Waals surface area contributed by atoms with E-state index < -0.39 is 0 Å². The first-order valence-electron chi connectivity index (χ1n) is 10.6. The molecule has 0 fully saturated rings. The van der Waals surface area contributed by atoms with Gasteiger partial charge >= 0.3 is 0 Å². The van der Waals surface area contributed by atoms with E-state index in [1.54, 1.807) is 11.3 Å². The highest BCUT2D eigenvalue weighted by Gasteiger charge is 2.08. The fraction of sp³-hybridized carbons (Fsp3) is 0.423. The van der Waals surface area contributed by atoms with Crippen molar-refractivity contribution < 1.29 is 4.74 Å². The number of ether oxygens (including phenoxy) is 1. The molecule has 31 heavy (non-hydrogen) atoms. The molecule has 0 unspecified atom stereocenters. The summed E-state index contributed by atoms with van der Waals surface area (Å²) in [5, 5.41) is 4.23. The number of hydrogen-bond acceptors (Lipinski definition) is 4. The minimum absolute atomic E-state index is 0.0379. The van der Waals surface area contributed by atoms with E-state index in [-0.39, 0.29) is 5.41 Å². The van der Waals surface area contributed by atoms with Crippen molar-refractivity contribution in [1.29, 1.82) is 0 Å². The highest BCUT2D eigenvalue weighted by molar-refractivity contribution is 7.80. The Morgan fingerprint density at radius 1 is 1.19 bits per heavy atom. The Morgan fingerprint density at radius 3 is 2.68 bits per heavy atom. The summed E-state index contributed by atoms with van der Waals surface area (Å²) in [6.07, 6.45) is 4.09. The summed E-state index contributed by atoms with van der Waals surface area (Å²) < 4.78 is 5.98. The first-order chi connectivity index (χ1) is 14.8. The van der Waals surface area contributed by atoms with Gasteiger partial charge in [-0.25, -0.2) is 0 Å². The van der Waals surface area contributed by atoms with Gasteiger partial charge in [-0.05, 0) is 73.5 Å². The third kappa shape index (κ3) is 10.1. The fourth-order valence-electron chi connectivity index (χ4n) is 2.82. The summed E-state index contributed by atoms with van der Waals surface area (Å²) in [5.41, 5.74) is 2.54. The maximum Gasteiger partial charge on any atom is 0.138 e. The minimum Gasteiger partial charge on any atom is -0.486 e. The number of thiocarbonyl (C=S) groups is 1. The van der Waals surface area contributed by atoms with E-state index >= 15 is 0 Å². The minimum atomic E-state index is 0.0379. The van der Waals surface area contributed by atoms with Crippen molar-refractivity contribution in [3.8, 4) is 17.6 Å². The van der Waals surface area contributed by atoms with Crippen LogP contribution in [0.1, 0.15) is 38.8 Å². The van der Waals surface area contributed by atoms with Crippen LogP contribution in [0, 0.1) is 17.3 Å². The van der Waals surface area contributed by atoms with Crippen LogP contribution >= 0.6 is 23.6 Å². The van der Waals surface area contributed by atoms with Gasteiger partial charge in [0.25, 0.3) is 0 Å². The lowest BCUT2D eigenvalue weighted by molar-refractivity contribution is 0.309. The molecule has 2 rings (SSSR count). The van der Waals surface area contributed by atoms with E-state index in [2.05, 4.69) is 84.4 Å². The molecule has 0 bridgehead atoms. The third-order valence-corrected chi connectivity index (χ3v) is 5.71. The van der Waals surface area contributed by atoms with Crippen LogP contribution in [0.25, 0.3) is 0 Å². The van der Waals surface area contributed by atoms with Crippen LogP contribution < -0.4 is 4.74 Å². The van der Waals surface area contributed by atoms with Crippen molar-refractivity contribution in [2.24, 2.45) is 5.41 Å². The second kappa shape index (κ2) is 12.7. The monoisotopic (exact) mass is 454 g/mol. The smallest absolute Gasteiger partial charge is 0.138 e. The summed E-state index contributed by atoms with van der Waals surface area (Å²) in [6.45, 7) is 12.5. The summed E-state index contributed by atoms with van der Waals surface area (Å²) in [4.78, 5) is 5.23. The molecular formula is C26H34N2OS2. The van der Waals surface area contributed by atoms with Gasteiger partial charge in [0.05, 0.1) is 0 Å². The van der Waals surface area contributed by atoms with E-state index in [9.17, 15) is 0 Å². The molecule has 166 valence electrons. The van der Waals surface area contributed by atoms with E-state index in [0.29, 0.717) is 6.61 Å². The number of benzene rings is 1. The Hall–Kier alpha value is -2.13. The quantitative estimate of drug-likeness (QED) is 0.322. The predicted octanol–water partition coefficient (Wildman–Crippen LogP) is 6.01. The lowest BCUT2D eigenvalue weighted by Crippen LogP contribution is -2.29. The van der Waals surface area contributed by atoms with Crippen LogP contribution in [0.2, 0.25) is 0 Å². The number of thiophene rings is 1. The molecule has 5 heteroatoms. The second-order valence-corrected chi connectivity index (χ2v) is 9.82. The largest absolute Gasteiger partial charge is 0.486 e. The van der Waals surface area contributed by atoms with Crippen LogP contribution in [-0.4, -0.2) is 41.5 Å². The first kappa shape index (κ1) is 25.1. The topological polar surface area (TPSA) is 15.7 Å². The van der Waals surface area contributed by atoms with Crippen LogP contribution in [0.15, 0.2) is 53.2 Å². The maximum absolute atomic E-state index is 5.98. The van der Waals surface area contributed by atoms with Gasteiger partial charge in [0.15, 0.2) is 0 Å². The van der Waals surface area contributed by atoms with Crippen molar-refractivity contribution >= 4 is 28.5 Å². The zero-order valence-corrected chi connectivity index (χ0v) is 21.0. The lowest BCUT2D eigenvalue weighted by Gasteiger charge is -2.21. The molecule has 0 amide bonds. The van der Waals surface area contributed by atoms with Crippen molar-refractivity contribution in [3.05, 3.63) is 64.4 Å². The molecule has 3 nitrogen and oxygen atoms in total. The molecule has 0 atom stereocenters. The second-order valence-electron chi connectivity index (χ2n) is 8.57. The highest BCUT2D eigenvalue weighted by atomic mass is 32.1. The van der Waals surface area contributed by atoms with Gasteiger partial charge in [-0.3, -0.25) is 4.90 Å². The molecule has 0 radical (unpaired) electrons. The summed E-state index contributed by atoms with van der Waals surface area (Å²) >= 11 is 7.24. The number of allylic oxidation sites excluding steroid dienone is 1. The Balaban J connectivity index is 1.84. The standard InChI is InChI=1S/C26H34N2OS2/c1-6-28(15-9-7-8-14-26(2,3)4)19-22-11-10-12-24(17-22)29-20-25(30)27(5)18-23-13-16-31-21-23/h7,9-13,16-17,21H,6,15,18-20H2,1-5H3/b9-7+. The summed E-state index contributed by atoms with van der Waals surface area (Å²) in [7, 11) is 2.01. The van der Waals surface area contributed by atoms with E-state index in [1.165, 1.54) is 11.1 Å². The zero-order valence-electron chi connectivity index (χ0n) is 19.4. The zero-order chi connectivity index (χ0) is 22.7. The number of nitrogens with zero attached hydrogens (tertiary/aromatic N) is 2. The Kier molecular flexibility index (Phi) is 10.3. The van der Waals surface area contributed by atoms with Gasteiger partial charge < -0.3 is 9.64 Å². The van der Waals surface area contributed by atoms with Crippen LogP contribution in [0.5, 0.6) is 5.75 Å². The van der Waals surface area contributed by atoms with E-state index in [1.807, 2.05) is 25.3 Å². The number of rotatable bonds is 10. The predicted molar refractivity (Wildman–Crippen MR) is 138 cm³/mol. The Bertz CT molecular complexity index is 901. The molecule has 0 aliphatic carbocycles. The Morgan fingerprint density at radius 2 is 2.00 bits per heavy atom. The number of hydrogen-bond donors (Lipinski definition) is 0. The van der Waals surface area contributed by atoms with Crippen molar-refractivity contribution in [1.82, 2.24) is 9.80 Å². The lowest BCUT2D eigenvalue weighted by atomic mass is 9.98.